The Morgan fingerprint density at radius 1 is 1.42 bits per heavy atom. The summed E-state index contributed by atoms with van der Waals surface area (Å²) < 4.78 is 4.98. The molecule has 1 unspecified atom stereocenters. The Morgan fingerprint density at radius 3 is 2.79 bits per heavy atom. The Balaban J connectivity index is 2.12. The van der Waals surface area contributed by atoms with Gasteiger partial charge in [-0.1, -0.05) is 6.07 Å². The summed E-state index contributed by atoms with van der Waals surface area (Å²) in [5, 5.41) is 14.6. The normalized spacial score (nSPS) is 11.9. The highest BCUT2D eigenvalue weighted by atomic mass is 32.1. The third-order valence-electron chi connectivity index (χ3n) is 2.77. The predicted octanol–water partition coefficient (Wildman–Crippen LogP) is 2.95. The molecule has 0 aliphatic heterocycles. The number of carbonyl (C=O) groups excluding carboxylic acids is 1. The van der Waals surface area contributed by atoms with E-state index < -0.39 is 0 Å². The van der Waals surface area contributed by atoms with Crippen LogP contribution in [0.15, 0.2) is 35.7 Å². The van der Waals surface area contributed by atoms with Gasteiger partial charge in [-0.2, -0.15) is 0 Å². The van der Waals surface area contributed by atoms with E-state index in [9.17, 15) is 9.90 Å². The lowest BCUT2D eigenvalue weighted by atomic mass is 10.1. The molecule has 0 saturated carbocycles. The van der Waals surface area contributed by atoms with E-state index in [1.165, 1.54) is 13.2 Å². The molecule has 2 aromatic rings. The predicted molar refractivity (Wildman–Crippen MR) is 74.9 cm³/mol. The van der Waals surface area contributed by atoms with Gasteiger partial charge >= 0.3 is 0 Å². The number of ether oxygens (including phenoxy) is 1. The van der Waals surface area contributed by atoms with Crippen molar-refractivity contribution in [2.24, 2.45) is 0 Å². The van der Waals surface area contributed by atoms with E-state index in [2.05, 4.69) is 5.32 Å². The summed E-state index contributed by atoms with van der Waals surface area (Å²) in [5.74, 6) is 0.122. The molecule has 0 saturated heterocycles. The SMILES string of the molecule is COc1ccc(C(=O)NC(C)c2cccs2)c(O)c1. The second kappa shape index (κ2) is 5.75. The number of phenols is 1. The van der Waals surface area contributed by atoms with Crippen molar-refractivity contribution in [2.45, 2.75) is 13.0 Å². The average molecular weight is 277 g/mol. The minimum Gasteiger partial charge on any atom is -0.507 e. The fraction of sp³-hybridized carbons (Fsp3) is 0.214. The van der Waals surface area contributed by atoms with E-state index in [-0.39, 0.29) is 23.3 Å². The second-order valence-corrected chi connectivity index (χ2v) is 5.07. The quantitative estimate of drug-likeness (QED) is 0.903. The van der Waals surface area contributed by atoms with Gasteiger partial charge in [-0.3, -0.25) is 4.79 Å². The van der Waals surface area contributed by atoms with Gasteiger partial charge in [-0.25, -0.2) is 0 Å². The lowest BCUT2D eigenvalue weighted by molar-refractivity contribution is 0.0938. The van der Waals surface area contributed by atoms with Crippen molar-refractivity contribution in [1.82, 2.24) is 5.32 Å². The van der Waals surface area contributed by atoms with Crippen LogP contribution >= 0.6 is 11.3 Å². The number of benzene rings is 1. The van der Waals surface area contributed by atoms with Crippen molar-refractivity contribution in [3.8, 4) is 11.5 Å². The number of carbonyl (C=O) groups is 1. The van der Waals surface area contributed by atoms with E-state index in [0.717, 1.165) is 4.88 Å². The Bertz CT molecular complexity index is 566. The van der Waals surface area contributed by atoms with E-state index >= 15 is 0 Å². The summed E-state index contributed by atoms with van der Waals surface area (Å²) in [5.41, 5.74) is 0.240. The Morgan fingerprint density at radius 2 is 2.21 bits per heavy atom. The van der Waals surface area contributed by atoms with Crippen molar-refractivity contribution < 1.29 is 14.6 Å². The van der Waals surface area contributed by atoms with Crippen molar-refractivity contribution in [3.63, 3.8) is 0 Å². The van der Waals surface area contributed by atoms with Crippen molar-refractivity contribution >= 4 is 17.2 Å². The summed E-state index contributed by atoms with van der Waals surface area (Å²) in [7, 11) is 1.51. The summed E-state index contributed by atoms with van der Waals surface area (Å²) in [6.07, 6.45) is 0. The van der Waals surface area contributed by atoms with Gasteiger partial charge in [0.05, 0.1) is 18.7 Å². The van der Waals surface area contributed by atoms with Crippen LogP contribution in [0, 0.1) is 0 Å². The minimum absolute atomic E-state index is 0.0878. The van der Waals surface area contributed by atoms with E-state index in [1.807, 2.05) is 24.4 Å². The number of hydrogen-bond acceptors (Lipinski definition) is 4. The Kier molecular flexibility index (Phi) is 4.06. The van der Waals surface area contributed by atoms with E-state index in [0.29, 0.717) is 5.75 Å². The molecule has 0 radical (unpaired) electrons. The van der Waals surface area contributed by atoms with Crippen molar-refractivity contribution in [2.75, 3.05) is 7.11 Å². The third-order valence-corrected chi connectivity index (χ3v) is 3.82. The summed E-state index contributed by atoms with van der Waals surface area (Å²) in [4.78, 5) is 13.1. The molecule has 1 amide bonds. The number of phenolic OH excluding ortho intramolecular Hbond substituents is 1. The van der Waals surface area contributed by atoms with Crippen LogP contribution in [0.4, 0.5) is 0 Å². The molecule has 1 aromatic carbocycles. The van der Waals surface area contributed by atoms with Gasteiger partial charge in [0.2, 0.25) is 0 Å². The van der Waals surface area contributed by atoms with E-state index in [4.69, 9.17) is 4.74 Å². The molecule has 2 N–H and O–H groups in total. The van der Waals surface area contributed by atoms with Crippen molar-refractivity contribution in [3.05, 3.63) is 46.2 Å². The molecule has 1 aromatic heterocycles. The number of hydrogen-bond donors (Lipinski definition) is 2. The zero-order chi connectivity index (χ0) is 13.8. The summed E-state index contributed by atoms with van der Waals surface area (Å²) in [6, 6.07) is 8.42. The lowest BCUT2D eigenvalue weighted by Gasteiger charge is -2.13. The standard InChI is InChI=1S/C14H15NO3S/c1-9(13-4-3-7-19-13)15-14(17)11-6-5-10(18-2)8-12(11)16/h3-9,16H,1-2H3,(H,15,17). The van der Waals surface area contributed by atoms with Crippen LogP contribution in [0.3, 0.4) is 0 Å². The zero-order valence-electron chi connectivity index (χ0n) is 10.7. The second-order valence-electron chi connectivity index (χ2n) is 4.09. The first-order valence-corrected chi connectivity index (χ1v) is 6.71. The van der Waals surface area contributed by atoms with Gasteiger partial charge in [0, 0.05) is 10.9 Å². The smallest absolute Gasteiger partial charge is 0.255 e. The fourth-order valence-corrected chi connectivity index (χ4v) is 2.45. The van der Waals surface area contributed by atoms with Crippen LogP contribution in [-0.2, 0) is 0 Å². The first-order chi connectivity index (χ1) is 9.11. The molecule has 0 bridgehead atoms. The van der Waals surface area contributed by atoms with Crippen LogP contribution in [0.5, 0.6) is 11.5 Å². The monoisotopic (exact) mass is 277 g/mol. The number of methoxy groups -OCH3 is 1. The molecule has 1 atom stereocenters. The number of amides is 1. The minimum atomic E-state index is -0.305. The molecule has 0 spiro atoms. The molecule has 4 nitrogen and oxygen atoms in total. The van der Waals surface area contributed by atoms with Crippen molar-refractivity contribution in [1.29, 1.82) is 0 Å². The molecule has 0 aliphatic rings. The van der Waals surface area contributed by atoms with Crippen LogP contribution in [-0.4, -0.2) is 18.1 Å². The number of nitrogens with one attached hydrogen (secondary N) is 1. The number of rotatable bonds is 4. The maximum atomic E-state index is 12.1. The molecule has 5 heteroatoms. The van der Waals surface area contributed by atoms with Gasteiger partial charge in [0.1, 0.15) is 11.5 Å². The van der Waals surface area contributed by atoms with Gasteiger partial charge in [-0.05, 0) is 30.5 Å². The van der Waals surface area contributed by atoms with E-state index in [1.54, 1.807) is 23.5 Å². The topological polar surface area (TPSA) is 58.6 Å². The van der Waals surface area contributed by atoms with Crippen LogP contribution < -0.4 is 10.1 Å². The molecular formula is C14H15NO3S. The maximum absolute atomic E-state index is 12.1. The lowest BCUT2D eigenvalue weighted by Crippen LogP contribution is -2.26. The molecular weight excluding hydrogens is 262 g/mol. The third kappa shape index (κ3) is 3.06. The van der Waals surface area contributed by atoms with Gasteiger partial charge in [0.25, 0.3) is 5.91 Å². The molecule has 100 valence electrons. The maximum Gasteiger partial charge on any atom is 0.255 e. The Hall–Kier alpha value is -2.01. The van der Waals surface area contributed by atoms with Gasteiger partial charge in [0.15, 0.2) is 0 Å². The first kappa shape index (κ1) is 13.4. The molecule has 19 heavy (non-hydrogen) atoms. The zero-order valence-corrected chi connectivity index (χ0v) is 11.5. The molecule has 0 fully saturated rings. The van der Waals surface area contributed by atoms with Gasteiger partial charge < -0.3 is 15.2 Å². The highest BCUT2D eigenvalue weighted by Crippen LogP contribution is 2.24. The highest BCUT2D eigenvalue weighted by molar-refractivity contribution is 7.10. The fourth-order valence-electron chi connectivity index (χ4n) is 1.71. The number of thiophene rings is 1. The molecule has 2 rings (SSSR count). The van der Waals surface area contributed by atoms with Crippen LogP contribution in [0.1, 0.15) is 28.2 Å². The van der Waals surface area contributed by atoms with Crippen LogP contribution in [0.2, 0.25) is 0 Å². The molecule has 0 aliphatic carbocycles. The number of aromatic hydroxyl groups is 1. The summed E-state index contributed by atoms with van der Waals surface area (Å²) >= 11 is 1.58. The largest absolute Gasteiger partial charge is 0.507 e. The Labute approximate surface area is 115 Å². The summed E-state index contributed by atoms with van der Waals surface area (Å²) in [6.45, 7) is 1.91. The van der Waals surface area contributed by atoms with Gasteiger partial charge in [-0.15, -0.1) is 11.3 Å². The highest BCUT2D eigenvalue weighted by Gasteiger charge is 2.15. The first-order valence-electron chi connectivity index (χ1n) is 5.83. The average Bonchev–Trinajstić information content (AvgIpc) is 2.92. The van der Waals surface area contributed by atoms with Crippen LogP contribution in [0.25, 0.3) is 0 Å². The molecule has 1 heterocycles.